The molecule has 0 spiro atoms. The average molecular weight is 197 g/mol. The fraction of sp³-hybridized carbons (Fsp3) is 0.600. The summed E-state index contributed by atoms with van der Waals surface area (Å²) in [6.07, 6.45) is 3.97. The maximum Gasteiger partial charge on any atom is 0.104 e. The molecule has 0 aromatic carbocycles. The van der Waals surface area contributed by atoms with Crippen molar-refractivity contribution in [3.05, 3.63) is 24.2 Å². The molecule has 1 aliphatic rings. The Kier molecular flexibility index (Phi) is 2.96. The number of hydrogen-bond donors (Lipinski definition) is 1. The molecule has 1 saturated heterocycles. The van der Waals surface area contributed by atoms with Gasteiger partial charge in [-0.15, -0.1) is 0 Å². The van der Waals surface area contributed by atoms with Gasteiger partial charge < -0.3 is 10.2 Å². The SMILES string of the molecule is NC1CSCCC1Cc1ccco1. The molecule has 2 nitrogen and oxygen atoms in total. The highest BCUT2D eigenvalue weighted by atomic mass is 32.2. The van der Waals surface area contributed by atoms with Crippen molar-refractivity contribution in [2.45, 2.75) is 18.9 Å². The molecule has 1 fully saturated rings. The largest absolute Gasteiger partial charge is 0.469 e. The van der Waals surface area contributed by atoms with Gasteiger partial charge in [0, 0.05) is 18.2 Å². The van der Waals surface area contributed by atoms with Crippen molar-refractivity contribution in [3.8, 4) is 0 Å². The molecular weight excluding hydrogens is 182 g/mol. The van der Waals surface area contributed by atoms with Gasteiger partial charge in [-0.1, -0.05) is 0 Å². The summed E-state index contributed by atoms with van der Waals surface area (Å²) < 4.78 is 5.32. The first kappa shape index (κ1) is 9.16. The van der Waals surface area contributed by atoms with E-state index in [1.165, 1.54) is 12.2 Å². The first-order valence-corrected chi connectivity index (χ1v) is 5.87. The molecule has 0 bridgehead atoms. The van der Waals surface area contributed by atoms with Crippen molar-refractivity contribution in [3.63, 3.8) is 0 Å². The fourth-order valence-corrected chi connectivity index (χ4v) is 2.93. The van der Waals surface area contributed by atoms with Crippen molar-refractivity contribution < 1.29 is 4.42 Å². The average Bonchev–Trinajstić information content (AvgIpc) is 2.61. The molecular formula is C10H15NOS. The highest BCUT2D eigenvalue weighted by Crippen LogP contribution is 2.25. The summed E-state index contributed by atoms with van der Waals surface area (Å²) in [6.45, 7) is 0. The summed E-state index contributed by atoms with van der Waals surface area (Å²) in [5.41, 5.74) is 6.03. The number of hydrogen-bond acceptors (Lipinski definition) is 3. The standard InChI is InChI=1S/C10H15NOS/c11-10-7-13-5-3-8(10)6-9-2-1-4-12-9/h1-2,4,8,10H,3,5-7,11H2. The second-order valence-electron chi connectivity index (χ2n) is 3.57. The van der Waals surface area contributed by atoms with Crippen LogP contribution in [0.1, 0.15) is 12.2 Å². The lowest BCUT2D eigenvalue weighted by molar-refractivity contribution is 0.383. The lowest BCUT2D eigenvalue weighted by atomic mass is 9.93. The van der Waals surface area contributed by atoms with Crippen molar-refractivity contribution in [1.82, 2.24) is 0 Å². The third kappa shape index (κ3) is 2.29. The summed E-state index contributed by atoms with van der Waals surface area (Å²) in [5.74, 6) is 4.05. The van der Waals surface area contributed by atoms with Crippen LogP contribution in [0.4, 0.5) is 0 Å². The zero-order chi connectivity index (χ0) is 9.10. The molecule has 2 N–H and O–H groups in total. The Balaban J connectivity index is 1.93. The van der Waals surface area contributed by atoms with E-state index in [9.17, 15) is 0 Å². The van der Waals surface area contributed by atoms with Crippen LogP contribution in [0.2, 0.25) is 0 Å². The maximum atomic E-state index is 6.03. The molecule has 0 amide bonds. The maximum absolute atomic E-state index is 6.03. The van der Waals surface area contributed by atoms with Crippen LogP contribution in [0.15, 0.2) is 22.8 Å². The van der Waals surface area contributed by atoms with Gasteiger partial charge in [0.1, 0.15) is 5.76 Å². The van der Waals surface area contributed by atoms with Crippen LogP contribution >= 0.6 is 11.8 Å². The lowest BCUT2D eigenvalue weighted by Crippen LogP contribution is -2.37. The fourth-order valence-electron chi connectivity index (χ4n) is 1.74. The second-order valence-corrected chi connectivity index (χ2v) is 4.72. The van der Waals surface area contributed by atoms with Gasteiger partial charge in [-0.3, -0.25) is 0 Å². The molecule has 1 aromatic heterocycles. The van der Waals surface area contributed by atoms with Crippen LogP contribution in [-0.2, 0) is 6.42 Å². The number of thioether (sulfide) groups is 1. The predicted molar refractivity (Wildman–Crippen MR) is 55.8 cm³/mol. The Morgan fingerprint density at radius 2 is 2.54 bits per heavy atom. The molecule has 2 rings (SSSR count). The monoisotopic (exact) mass is 197 g/mol. The van der Waals surface area contributed by atoms with Gasteiger partial charge in [0.2, 0.25) is 0 Å². The minimum atomic E-state index is 0.351. The van der Waals surface area contributed by atoms with E-state index in [0.29, 0.717) is 12.0 Å². The Bertz CT molecular complexity index is 247. The quantitative estimate of drug-likeness (QED) is 0.787. The van der Waals surface area contributed by atoms with Gasteiger partial charge in [0.25, 0.3) is 0 Å². The van der Waals surface area contributed by atoms with Crippen LogP contribution in [0.25, 0.3) is 0 Å². The summed E-state index contributed by atoms with van der Waals surface area (Å²) in [5, 5.41) is 0. The molecule has 1 aliphatic heterocycles. The minimum Gasteiger partial charge on any atom is -0.469 e. The first-order valence-electron chi connectivity index (χ1n) is 4.72. The van der Waals surface area contributed by atoms with Gasteiger partial charge in [0.05, 0.1) is 6.26 Å². The van der Waals surface area contributed by atoms with Crippen molar-refractivity contribution in [1.29, 1.82) is 0 Å². The number of rotatable bonds is 2. The van der Waals surface area contributed by atoms with E-state index in [0.717, 1.165) is 17.9 Å². The van der Waals surface area contributed by atoms with E-state index in [2.05, 4.69) is 0 Å². The van der Waals surface area contributed by atoms with Gasteiger partial charge in [-0.2, -0.15) is 11.8 Å². The van der Waals surface area contributed by atoms with Crippen LogP contribution in [-0.4, -0.2) is 17.5 Å². The molecule has 2 heterocycles. The van der Waals surface area contributed by atoms with Gasteiger partial charge in [-0.25, -0.2) is 0 Å². The van der Waals surface area contributed by atoms with Crippen molar-refractivity contribution in [2.24, 2.45) is 11.7 Å². The minimum absolute atomic E-state index is 0.351. The summed E-state index contributed by atoms with van der Waals surface area (Å²) in [4.78, 5) is 0. The molecule has 2 atom stereocenters. The van der Waals surface area contributed by atoms with E-state index in [4.69, 9.17) is 10.2 Å². The lowest BCUT2D eigenvalue weighted by Gasteiger charge is -2.27. The Hall–Kier alpha value is -0.410. The summed E-state index contributed by atoms with van der Waals surface area (Å²) in [6, 6.07) is 4.33. The van der Waals surface area contributed by atoms with Crippen molar-refractivity contribution >= 4 is 11.8 Å². The number of furan rings is 1. The predicted octanol–water partition coefficient (Wildman–Crippen LogP) is 1.90. The van der Waals surface area contributed by atoms with Gasteiger partial charge >= 0.3 is 0 Å². The third-order valence-corrected chi connectivity index (χ3v) is 3.74. The Labute approximate surface area is 82.9 Å². The molecule has 0 radical (unpaired) electrons. The Morgan fingerprint density at radius 1 is 1.62 bits per heavy atom. The summed E-state index contributed by atoms with van der Waals surface area (Å²) in [7, 11) is 0. The molecule has 3 heteroatoms. The van der Waals surface area contributed by atoms with E-state index in [1.807, 2.05) is 23.9 Å². The van der Waals surface area contributed by atoms with Crippen LogP contribution in [0.3, 0.4) is 0 Å². The van der Waals surface area contributed by atoms with E-state index in [-0.39, 0.29) is 0 Å². The van der Waals surface area contributed by atoms with E-state index >= 15 is 0 Å². The number of nitrogens with two attached hydrogens (primary N) is 1. The normalized spacial score (nSPS) is 29.0. The Morgan fingerprint density at radius 3 is 3.23 bits per heavy atom. The topological polar surface area (TPSA) is 39.2 Å². The van der Waals surface area contributed by atoms with Crippen LogP contribution < -0.4 is 5.73 Å². The molecule has 72 valence electrons. The second kappa shape index (κ2) is 4.20. The zero-order valence-electron chi connectivity index (χ0n) is 7.61. The van der Waals surface area contributed by atoms with Gasteiger partial charge in [0.15, 0.2) is 0 Å². The van der Waals surface area contributed by atoms with Crippen LogP contribution in [0.5, 0.6) is 0 Å². The van der Waals surface area contributed by atoms with Crippen LogP contribution in [0, 0.1) is 5.92 Å². The molecule has 1 aromatic rings. The molecule has 13 heavy (non-hydrogen) atoms. The van der Waals surface area contributed by atoms with E-state index < -0.39 is 0 Å². The highest BCUT2D eigenvalue weighted by molar-refractivity contribution is 7.99. The summed E-state index contributed by atoms with van der Waals surface area (Å²) >= 11 is 1.96. The van der Waals surface area contributed by atoms with E-state index in [1.54, 1.807) is 6.26 Å². The molecule has 0 aliphatic carbocycles. The molecule has 0 saturated carbocycles. The highest BCUT2D eigenvalue weighted by Gasteiger charge is 2.22. The van der Waals surface area contributed by atoms with Crippen molar-refractivity contribution in [2.75, 3.05) is 11.5 Å². The first-order chi connectivity index (χ1) is 6.36. The third-order valence-electron chi connectivity index (χ3n) is 2.59. The zero-order valence-corrected chi connectivity index (χ0v) is 8.43. The van der Waals surface area contributed by atoms with Gasteiger partial charge in [-0.05, 0) is 30.2 Å². The molecule has 2 unspecified atom stereocenters. The smallest absolute Gasteiger partial charge is 0.104 e.